The highest BCUT2D eigenvalue weighted by Crippen LogP contribution is 2.32. The molecule has 1 aliphatic heterocycles. The van der Waals surface area contributed by atoms with E-state index >= 15 is 0 Å². The molecule has 1 amide bonds. The number of piperidine rings is 1. The Hall–Kier alpha value is -2.74. The molecule has 1 saturated heterocycles. The van der Waals surface area contributed by atoms with E-state index in [1.54, 1.807) is 13.4 Å². The monoisotopic (exact) mass is 412 g/mol. The second-order valence-corrected chi connectivity index (χ2v) is 8.11. The predicted octanol–water partition coefficient (Wildman–Crippen LogP) is 3.89. The van der Waals surface area contributed by atoms with Crippen LogP contribution in [0.3, 0.4) is 0 Å². The molecule has 1 unspecified atom stereocenters. The molecule has 1 aromatic carbocycles. The van der Waals surface area contributed by atoms with E-state index in [0.29, 0.717) is 34.2 Å². The molecule has 0 saturated carbocycles. The smallest absolute Gasteiger partial charge is 0.233 e. The first kappa shape index (κ1) is 19.6. The van der Waals surface area contributed by atoms with Crippen LogP contribution in [0.25, 0.3) is 17.3 Å². The van der Waals surface area contributed by atoms with E-state index in [4.69, 9.17) is 9.15 Å². The van der Waals surface area contributed by atoms with Gasteiger partial charge in [0.05, 0.1) is 24.8 Å². The van der Waals surface area contributed by atoms with Gasteiger partial charge in [-0.25, -0.2) is 0 Å². The summed E-state index contributed by atoms with van der Waals surface area (Å²) in [5, 5.41) is 9.30. The van der Waals surface area contributed by atoms with Crippen LogP contribution in [0.2, 0.25) is 0 Å². The van der Waals surface area contributed by atoms with Crippen LogP contribution in [0.15, 0.2) is 52.2 Å². The van der Waals surface area contributed by atoms with E-state index in [-0.39, 0.29) is 5.91 Å². The zero-order valence-electron chi connectivity index (χ0n) is 16.6. The van der Waals surface area contributed by atoms with Crippen LogP contribution in [0, 0.1) is 5.92 Å². The average molecular weight is 413 g/mol. The van der Waals surface area contributed by atoms with Crippen LogP contribution in [0.4, 0.5) is 0 Å². The second kappa shape index (κ2) is 8.73. The number of furan rings is 1. The number of carbonyl (C=O) groups excluding carboxylic acids is 1. The van der Waals surface area contributed by atoms with Gasteiger partial charge in [0, 0.05) is 13.1 Å². The van der Waals surface area contributed by atoms with Gasteiger partial charge in [-0.05, 0) is 43.0 Å². The summed E-state index contributed by atoms with van der Waals surface area (Å²) in [7, 11) is 1.63. The van der Waals surface area contributed by atoms with Crippen molar-refractivity contribution in [3.05, 3.63) is 42.7 Å². The SMILES string of the molecule is COc1ccccc1-n1c(SCC(=O)N2CCCC(C)C2)nnc1-c1ccco1. The Kier molecular flexibility index (Phi) is 5.89. The lowest BCUT2D eigenvalue weighted by molar-refractivity contribution is -0.130. The van der Waals surface area contributed by atoms with Crippen molar-refractivity contribution in [3.63, 3.8) is 0 Å². The fourth-order valence-corrected chi connectivity index (χ4v) is 4.44. The van der Waals surface area contributed by atoms with E-state index in [1.807, 2.05) is 45.9 Å². The maximum absolute atomic E-state index is 12.7. The number of carbonyl (C=O) groups is 1. The fraction of sp³-hybridized carbons (Fsp3) is 0.381. The van der Waals surface area contributed by atoms with Gasteiger partial charge < -0.3 is 14.1 Å². The Morgan fingerprint density at radius 1 is 1.28 bits per heavy atom. The molecule has 3 aromatic rings. The predicted molar refractivity (Wildman–Crippen MR) is 111 cm³/mol. The lowest BCUT2D eigenvalue weighted by Crippen LogP contribution is -2.40. The molecule has 1 atom stereocenters. The molecule has 1 aliphatic rings. The zero-order chi connectivity index (χ0) is 20.2. The number of hydrogen-bond donors (Lipinski definition) is 0. The minimum atomic E-state index is 0.135. The number of methoxy groups -OCH3 is 1. The summed E-state index contributed by atoms with van der Waals surface area (Å²) in [6, 6.07) is 11.3. The van der Waals surface area contributed by atoms with Crippen molar-refractivity contribution in [1.29, 1.82) is 0 Å². The lowest BCUT2D eigenvalue weighted by Gasteiger charge is -2.30. The number of ether oxygens (including phenoxy) is 1. The third kappa shape index (κ3) is 4.17. The summed E-state index contributed by atoms with van der Waals surface area (Å²) in [5.41, 5.74) is 0.799. The van der Waals surface area contributed by atoms with Crippen molar-refractivity contribution in [2.24, 2.45) is 5.92 Å². The standard InChI is InChI=1S/C21H24N4O3S/c1-15-7-5-11-24(13-15)19(26)14-29-21-23-22-20(18-10-6-12-28-18)25(21)16-8-3-4-9-17(16)27-2/h3-4,6,8-10,12,15H,5,7,11,13-14H2,1-2H3. The first-order valence-corrected chi connectivity index (χ1v) is 10.7. The van der Waals surface area contributed by atoms with Crippen molar-refractivity contribution < 1.29 is 13.9 Å². The lowest BCUT2D eigenvalue weighted by atomic mass is 10.0. The highest BCUT2D eigenvalue weighted by atomic mass is 32.2. The molecule has 0 spiro atoms. The first-order chi connectivity index (χ1) is 14.2. The molecule has 152 valence electrons. The van der Waals surface area contributed by atoms with Gasteiger partial charge in [0.2, 0.25) is 11.7 Å². The van der Waals surface area contributed by atoms with E-state index in [0.717, 1.165) is 25.2 Å². The van der Waals surface area contributed by atoms with Crippen LogP contribution in [-0.4, -0.2) is 51.5 Å². The number of likely N-dealkylation sites (tertiary alicyclic amines) is 1. The summed E-state index contributed by atoms with van der Waals surface area (Å²) < 4.78 is 13.0. The Morgan fingerprint density at radius 3 is 2.90 bits per heavy atom. The van der Waals surface area contributed by atoms with Crippen molar-refractivity contribution in [2.75, 3.05) is 26.0 Å². The van der Waals surface area contributed by atoms with E-state index in [2.05, 4.69) is 17.1 Å². The number of thioether (sulfide) groups is 1. The summed E-state index contributed by atoms with van der Waals surface area (Å²) >= 11 is 1.38. The van der Waals surface area contributed by atoms with Gasteiger partial charge in [-0.3, -0.25) is 9.36 Å². The highest BCUT2D eigenvalue weighted by Gasteiger charge is 2.24. The fourth-order valence-electron chi connectivity index (χ4n) is 3.59. The molecule has 0 bridgehead atoms. The van der Waals surface area contributed by atoms with Crippen molar-refractivity contribution in [3.8, 4) is 23.0 Å². The maximum Gasteiger partial charge on any atom is 0.233 e. The van der Waals surface area contributed by atoms with Gasteiger partial charge >= 0.3 is 0 Å². The van der Waals surface area contributed by atoms with Gasteiger partial charge in [-0.15, -0.1) is 10.2 Å². The molecule has 0 radical (unpaired) electrons. The van der Waals surface area contributed by atoms with E-state index in [1.165, 1.54) is 18.2 Å². The van der Waals surface area contributed by atoms with Crippen LogP contribution in [-0.2, 0) is 4.79 Å². The summed E-state index contributed by atoms with van der Waals surface area (Å²) in [4.78, 5) is 14.7. The van der Waals surface area contributed by atoms with Gasteiger partial charge in [0.25, 0.3) is 0 Å². The van der Waals surface area contributed by atoms with Gasteiger partial charge in [0.15, 0.2) is 10.9 Å². The molecule has 8 heteroatoms. The van der Waals surface area contributed by atoms with Crippen LogP contribution in [0.5, 0.6) is 5.75 Å². The third-order valence-corrected chi connectivity index (χ3v) is 5.95. The van der Waals surface area contributed by atoms with Crippen LogP contribution < -0.4 is 4.74 Å². The highest BCUT2D eigenvalue weighted by molar-refractivity contribution is 7.99. The average Bonchev–Trinajstić information content (AvgIpc) is 3.41. The largest absolute Gasteiger partial charge is 0.495 e. The molecule has 0 N–H and O–H groups in total. The number of aromatic nitrogens is 3. The summed E-state index contributed by atoms with van der Waals surface area (Å²) in [6.07, 6.45) is 3.85. The first-order valence-electron chi connectivity index (χ1n) is 9.70. The Labute approximate surface area is 174 Å². The van der Waals surface area contributed by atoms with Crippen molar-refractivity contribution in [1.82, 2.24) is 19.7 Å². The molecule has 29 heavy (non-hydrogen) atoms. The molecule has 2 aromatic heterocycles. The van der Waals surface area contributed by atoms with Crippen molar-refractivity contribution >= 4 is 17.7 Å². The quantitative estimate of drug-likeness (QED) is 0.572. The van der Waals surface area contributed by atoms with Gasteiger partial charge in [-0.1, -0.05) is 30.8 Å². The Balaban J connectivity index is 1.63. The number of nitrogens with zero attached hydrogens (tertiary/aromatic N) is 4. The number of para-hydroxylation sites is 2. The second-order valence-electron chi connectivity index (χ2n) is 7.17. The normalized spacial score (nSPS) is 16.8. The molecule has 1 fully saturated rings. The zero-order valence-corrected chi connectivity index (χ0v) is 17.4. The molecular weight excluding hydrogens is 388 g/mol. The third-order valence-electron chi connectivity index (χ3n) is 5.04. The van der Waals surface area contributed by atoms with Crippen LogP contribution in [0.1, 0.15) is 19.8 Å². The Morgan fingerprint density at radius 2 is 2.14 bits per heavy atom. The molecule has 3 heterocycles. The van der Waals surface area contributed by atoms with Gasteiger partial charge in [0.1, 0.15) is 5.75 Å². The Bertz CT molecular complexity index is 970. The molecule has 7 nitrogen and oxygen atoms in total. The number of amides is 1. The van der Waals surface area contributed by atoms with Gasteiger partial charge in [-0.2, -0.15) is 0 Å². The minimum Gasteiger partial charge on any atom is -0.495 e. The number of benzene rings is 1. The van der Waals surface area contributed by atoms with Crippen molar-refractivity contribution in [2.45, 2.75) is 24.9 Å². The molecule has 0 aliphatic carbocycles. The van der Waals surface area contributed by atoms with E-state index in [9.17, 15) is 4.79 Å². The summed E-state index contributed by atoms with van der Waals surface area (Å²) in [6.45, 7) is 3.86. The topological polar surface area (TPSA) is 73.4 Å². The molecular formula is C21H24N4O3S. The summed E-state index contributed by atoms with van der Waals surface area (Å²) in [5.74, 6) is 2.87. The minimum absolute atomic E-state index is 0.135. The number of rotatable bonds is 6. The molecule has 4 rings (SSSR count). The van der Waals surface area contributed by atoms with Crippen LogP contribution >= 0.6 is 11.8 Å². The number of hydrogen-bond acceptors (Lipinski definition) is 6. The maximum atomic E-state index is 12.7. The van der Waals surface area contributed by atoms with E-state index < -0.39 is 0 Å².